The van der Waals surface area contributed by atoms with Crippen LogP contribution in [0.3, 0.4) is 0 Å². The maximum Gasteiger partial charge on any atom is 0.161 e. The molecule has 2 N–H and O–H groups in total. The standard InChI is InChI=1S/C11H19N3O/c1-14-11(9(15-2)7-13-14)10(12)8-5-3-4-6-8/h7-8,10H,3-6,12H2,1-2H3. The van der Waals surface area contributed by atoms with Gasteiger partial charge in [-0.05, 0) is 18.8 Å². The van der Waals surface area contributed by atoms with E-state index in [0.29, 0.717) is 5.92 Å². The molecule has 15 heavy (non-hydrogen) atoms. The van der Waals surface area contributed by atoms with Crippen molar-refractivity contribution in [1.82, 2.24) is 9.78 Å². The molecule has 4 heteroatoms. The minimum absolute atomic E-state index is 0.0648. The first-order chi connectivity index (χ1) is 7.24. The quantitative estimate of drug-likeness (QED) is 0.823. The fourth-order valence-electron chi connectivity index (χ4n) is 2.50. The number of rotatable bonds is 3. The summed E-state index contributed by atoms with van der Waals surface area (Å²) in [6.45, 7) is 0. The maximum atomic E-state index is 6.28. The molecule has 0 radical (unpaired) electrons. The van der Waals surface area contributed by atoms with Gasteiger partial charge in [-0.2, -0.15) is 5.10 Å². The Kier molecular flexibility index (Phi) is 2.95. The summed E-state index contributed by atoms with van der Waals surface area (Å²) < 4.78 is 7.12. The largest absolute Gasteiger partial charge is 0.493 e. The molecule has 0 saturated heterocycles. The second-order valence-corrected chi connectivity index (χ2v) is 4.29. The second kappa shape index (κ2) is 4.23. The summed E-state index contributed by atoms with van der Waals surface area (Å²) >= 11 is 0. The highest BCUT2D eigenvalue weighted by Crippen LogP contribution is 2.36. The predicted molar refractivity (Wildman–Crippen MR) is 58.6 cm³/mol. The van der Waals surface area contributed by atoms with E-state index in [1.54, 1.807) is 13.3 Å². The van der Waals surface area contributed by atoms with Crippen LogP contribution in [0.4, 0.5) is 0 Å². The van der Waals surface area contributed by atoms with Crippen LogP contribution in [0.2, 0.25) is 0 Å². The van der Waals surface area contributed by atoms with Gasteiger partial charge in [0.15, 0.2) is 5.75 Å². The van der Waals surface area contributed by atoms with Crippen LogP contribution in [-0.4, -0.2) is 16.9 Å². The molecule has 1 unspecified atom stereocenters. The summed E-state index contributed by atoms with van der Waals surface area (Å²) in [5, 5.41) is 4.19. The van der Waals surface area contributed by atoms with Crippen molar-refractivity contribution in [2.24, 2.45) is 18.7 Å². The second-order valence-electron chi connectivity index (χ2n) is 4.29. The molecule has 0 aromatic carbocycles. The highest BCUT2D eigenvalue weighted by Gasteiger charge is 2.27. The summed E-state index contributed by atoms with van der Waals surface area (Å²) in [6.07, 6.45) is 6.81. The molecular weight excluding hydrogens is 190 g/mol. The predicted octanol–water partition coefficient (Wildman–Crippen LogP) is 1.62. The molecule has 1 saturated carbocycles. The number of hydrogen-bond donors (Lipinski definition) is 1. The van der Waals surface area contributed by atoms with Gasteiger partial charge in [0.2, 0.25) is 0 Å². The molecular formula is C11H19N3O. The third kappa shape index (κ3) is 1.86. The number of ether oxygens (including phenoxy) is 1. The third-order valence-corrected chi connectivity index (χ3v) is 3.39. The van der Waals surface area contributed by atoms with Crippen LogP contribution >= 0.6 is 0 Å². The van der Waals surface area contributed by atoms with E-state index >= 15 is 0 Å². The average Bonchev–Trinajstić information content (AvgIpc) is 2.85. The Labute approximate surface area is 90.4 Å². The first-order valence-electron chi connectivity index (χ1n) is 5.55. The van der Waals surface area contributed by atoms with E-state index in [4.69, 9.17) is 10.5 Å². The molecule has 84 valence electrons. The van der Waals surface area contributed by atoms with E-state index < -0.39 is 0 Å². The molecule has 1 heterocycles. The maximum absolute atomic E-state index is 6.28. The van der Waals surface area contributed by atoms with Gasteiger partial charge in [0.1, 0.15) is 0 Å². The molecule has 1 aliphatic carbocycles. The lowest BCUT2D eigenvalue weighted by Gasteiger charge is -2.19. The Bertz CT molecular complexity index is 329. The molecule has 0 amide bonds. The van der Waals surface area contributed by atoms with E-state index in [1.807, 2.05) is 11.7 Å². The van der Waals surface area contributed by atoms with E-state index in [2.05, 4.69) is 5.10 Å². The topological polar surface area (TPSA) is 53.1 Å². The zero-order valence-electron chi connectivity index (χ0n) is 9.44. The van der Waals surface area contributed by atoms with Crippen LogP contribution in [0.5, 0.6) is 5.75 Å². The molecule has 0 bridgehead atoms. The first kappa shape index (κ1) is 10.5. The molecule has 1 aromatic heterocycles. The number of aryl methyl sites for hydroxylation is 1. The Morgan fingerprint density at radius 2 is 2.20 bits per heavy atom. The van der Waals surface area contributed by atoms with Crippen LogP contribution in [-0.2, 0) is 7.05 Å². The summed E-state index contributed by atoms with van der Waals surface area (Å²) in [5.74, 6) is 1.41. The summed E-state index contributed by atoms with van der Waals surface area (Å²) in [4.78, 5) is 0. The van der Waals surface area contributed by atoms with E-state index in [9.17, 15) is 0 Å². The fourth-order valence-corrected chi connectivity index (χ4v) is 2.50. The van der Waals surface area contributed by atoms with E-state index in [0.717, 1.165) is 11.4 Å². The van der Waals surface area contributed by atoms with Gasteiger partial charge < -0.3 is 10.5 Å². The van der Waals surface area contributed by atoms with Crippen LogP contribution in [0.25, 0.3) is 0 Å². The Hall–Kier alpha value is -1.03. The van der Waals surface area contributed by atoms with Gasteiger partial charge in [0, 0.05) is 7.05 Å². The third-order valence-electron chi connectivity index (χ3n) is 3.39. The van der Waals surface area contributed by atoms with Crippen LogP contribution in [0.1, 0.15) is 37.4 Å². The molecule has 1 fully saturated rings. The lowest BCUT2D eigenvalue weighted by Crippen LogP contribution is -2.22. The number of hydrogen-bond acceptors (Lipinski definition) is 3. The van der Waals surface area contributed by atoms with E-state index in [-0.39, 0.29) is 6.04 Å². The van der Waals surface area contributed by atoms with Gasteiger partial charge in [-0.15, -0.1) is 0 Å². The zero-order valence-corrected chi connectivity index (χ0v) is 9.44. The highest BCUT2D eigenvalue weighted by molar-refractivity contribution is 5.28. The lowest BCUT2D eigenvalue weighted by atomic mass is 9.96. The van der Waals surface area contributed by atoms with E-state index in [1.165, 1.54) is 25.7 Å². The number of aromatic nitrogens is 2. The van der Waals surface area contributed by atoms with Crippen molar-refractivity contribution < 1.29 is 4.74 Å². The minimum Gasteiger partial charge on any atom is -0.493 e. The molecule has 0 spiro atoms. The zero-order chi connectivity index (χ0) is 10.8. The van der Waals surface area contributed by atoms with Gasteiger partial charge in [-0.3, -0.25) is 4.68 Å². The van der Waals surface area contributed by atoms with Gasteiger partial charge in [0.25, 0.3) is 0 Å². The Morgan fingerprint density at radius 3 is 2.80 bits per heavy atom. The normalized spacial score (nSPS) is 19.4. The van der Waals surface area contributed by atoms with Crippen molar-refractivity contribution in [3.8, 4) is 5.75 Å². The van der Waals surface area contributed by atoms with Crippen molar-refractivity contribution in [1.29, 1.82) is 0 Å². The number of nitrogens with zero attached hydrogens (tertiary/aromatic N) is 2. The van der Waals surface area contributed by atoms with Gasteiger partial charge in [-0.25, -0.2) is 0 Å². The lowest BCUT2D eigenvalue weighted by molar-refractivity contribution is 0.375. The molecule has 0 aliphatic heterocycles. The van der Waals surface area contributed by atoms with Gasteiger partial charge >= 0.3 is 0 Å². The van der Waals surface area contributed by atoms with Crippen LogP contribution in [0.15, 0.2) is 6.20 Å². The van der Waals surface area contributed by atoms with Crippen molar-refractivity contribution in [2.75, 3.05) is 7.11 Å². The minimum atomic E-state index is 0.0648. The molecule has 1 atom stereocenters. The summed E-state index contributed by atoms with van der Waals surface area (Å²) in [5.41, 5.74) is 7.31. The summed E-state index contributed by atoms with van der Waals surface area (Å²) in [7, 11) is 3.59. The van der Waals surface area contributed by atoms with Crippen LogP contribution in [0, 0.1) is 5.92 Å². The monoisotopic (exact) mass is 209 g/mol. The Morgan fingerprint density at radius 1 is 1.53 bits per heavy atom. The first-order valence-corrected chi connectivity index (χ1v) is 5.55. The Balaban J connectivity index is 2.22. The van der Waals surface area contributed by atoms with Crippen LogP contribution < -0.4 is 10.5 Å². The smallest absolute Gasteiger partial charge is 0.161 e. The molecule has 1 aromatic rings. The average molecular weight is 209 g/mol. The highest BCUT2D eigenvalue weighted by atomic mass is 16.5. The number of methoxy groups -OCH3 is 1. The number of nitrogens with two attached hydrogens (primary N) is 1. The van der Waals surface area contributed by atoms with Crippen molar-refractivity contribution >= 4 is 0 Å². The SMILES string of the molecule is COc1cnn(C)c1C(N)C1CCCC1. The molecule has 1 aliphatic rings. The molecule has 4 nitrogen and oxygen atoms in total. The van der Waals surface area contributed by atoms with Crippen molar-refractivity contribution in [3.05, 3.63) is 11.9 Å². The van der Waals surface area contributed by atoms with Gasteiger partial charge in [0.05, 0.1) is 25.0 Å². The van der Waals surface area contributed by atoms with Gasteiger partial charge in [-0.1, -0.05) is 12.8 Å². The summed E-state index contributed by atoms with van der Waals surface area (Å²) in [6, 6.07) is 0.0648. The van der Waals surface area contributed by atoms with Crippen molar-refractivity contribution in [2.45, 2.75) is 31.7 Å². The fraction of sp³-hybridized carbons (Fsp3) is 0.727. The van der Waals surface area contributed by atoms with Crippen molar-refractivity contribution in [3.63, 3.8) is 0 Å². The molecule has 2 rings (SSSR count).